The van der Waals surface area contributed by atoms with Gasteiger partial charge >= 0.3 is 0 Å². The molecule has 0 spiro atoms. The molecule has 0 fully saturated rings. The maximum atomic E-state index is 9.30. The van der Waals surface area contributed by atoms with Crippen molar-refractivity contribution in [2.75, 3.05) is 39.3 Å². The first kappa shape index (κ1) is 26.6. The van der Waals surface area contributed by atoms with Crippen LogP contribution in [-0.4, -0.2) is 56.3 Å². The van der Waals surface area contributed by atoms with Crippen LogP contribution in [0.3, 0.4) is 0 Å². The molecule has 2 aromatic rings. The van der Waals surface area contributed by atoms with Crippen LogP contribution >= 0.6 is 0 Å². The van der Waals surface area contributed by atoms with Crippen LogP contribution < -0.4 is 22.1 Å². The fraction of sp³-hybridized carbons (Fsp3) is 0.409. The van der Waals surface area contributed by atoms with Crippen LogP contribution in [0, 0.1) is 0 Å². The Morgan fingerprint density at radius 3 is 1.31 bits per heavy atom. The van der Waals surface area contributed by atoms with Gasteiger partial charge in [-0.15, -0.1) is 0 Å². The second-order valence-corrected chi connectivity index (χ2v) is 6.80. The predicted octanol–water partition coefficient (Wildman–Crippen LogP) is 1.32. The zero-order valence-electron chi connectivity index (χ0n) is 17.5. The number of benzene rings is 2. The highest BCUT2D eigenvalue weighted by molar-refractivity contribution is 5.41. The van der Waals surface area contributed by atoms with Gasteiger partial charge in [-0.05, 0) is 35.4 Å². The minimum Gasteiger partial charge on any atom is -0.508 e. The third kappa shape index (κ3) is 10.6. The van der Waals surface area contributed by atoms with Crippen molar-refractivity contribution in [3.63, 3.8) is 0 Å². The first-order valence-electron chi connectivity index (χ1n) is 9.61. The van der Waals surface area contributed by atoms with Gasteiger partial charge in [0.15, 0.2) is 0 Å². The third-order valence-corrected chi connectivity index (χ3v) is 4.30. The molecule has 0 heterocycles. The van der Waals surface area contributed by atoms with E-state index < -0.39 is 0 Å². The van der Waals surface area contributed by atoms with Gasteiger partial charge in [0.25, 0.3) is 0 Å². The Morgan fingerprint density at radius 2 is 1.03 bits per heavy atom. The molecule has 0 aliphatic rings. The third-order valence-electron chi connectivity index (χ3n) is 4.30. The van der Waals surface area contributed by atoms with Crippen LogP contribution in [0.1, 0.15) is 25.0 Å². The minimum atomic E-state index is -0.151. The summed E-state index contributed by atoms with van der Waals surface area (Å²) in [6.45, 7) is 11.4. The van der Waals surface area contributed by atoms with Crippen LogP contribution in [-0.2, 0) is 10.2 Å². The lowest BCUT2D eigenvalue weighted by Gasteiger charge is -2.26. The number of aromatic hydroxyl groups is 2. The summed E-state index contributed by atoms with van der Waals surface area (Å²) in [5, 5.41) is 24.9. The lowest BCUT2D eigenvalue weighted by molar-refractivity contribution is -0.0979. The van der Waals surface area contributed by atoms with E-state index in [0.29, 0.717) is 13.1 Å². The first-order chi connectivity index (χ1) is 13.9. The van der Waals surface area contributed by atoms with Crippen LogP contribution in [0.2, 0.25) is 0 Å². The van der Waals surface area contributed by atoms with Gasteiger partial charge in [0.2, 0.25) is 0 Å². The summed E-state index contributed by atoms with van der Waals surface area (Å²) < 4.78 is 0. The lowest BCUT2D eigenvalue weighted by Crippen LogP contribution is -2.32. The van der Waals surface area contributed by atoms with E-state index in [-0.39, 0.29) is 16.9 Å². The molecule has 0 radical (unpaired) electrons. The molecule has 0 aliphatic heterocycles. The van der Waals surface area contributed by atoms with E-state index in [2.05, 4.69) is 24.5 Å². The molecular weight excluding hydrogens is 368 g/mol. The first-order valence-corrected chi connectivity index (χ1v) is 9.61. The van der Waals surface area contributed by atoms with E-state index in [4.69, 9.17) is 16.3 Å². The lowest BCUT2D eigenvalue weighted by atomic mass is 9.78. The topological polar surface area (TPSA) is 134 Å². The van der Waals surface area contributed by atoms with E-state index in [1.54, 1.807) is 24.3 Å². The summed E-state index contributed by atoms with van der Waals surface area (Å²) >= 11 is 0. The molecule has 7 nitrogen and oxygen atoms in total. The molecule has 2 rings (SSSR count). The highest BCUT2D eigenvalue weighted by Crippen LogP contribution is 2.32. The Hall–Kier alpha value is -2.45. The predicted molar refractivity (Wildman–Crippen MR) is 119 cm³/mol. The van der Waals surface area contributed by atoms with Gasteiger partial charge in [-0.3, -0.25) is 0 Å². The molecule has 0 bridgehead atoms. The molecular formula is C22H36N4O3. The molecule has 0 aliphatic carbocycles. The minimum absolute atomic E-state index is 0.151. The Balaban J connectivity index is 0.000000563. The zero-order chi connectivity index (χ0) is 22.1. The van der Waals surface area contributed by atoms with Crippen LogP contribution in [0.5, 0.6) is 11.5 Å². The van der Waals surface area contributed by atoms with E-state index in [1.165, 1.54) is 0 Å². The summed E-state index contributed by atoms with van der Waals surface area (Å²) in [7, 11) is 0. The summed E-state index contributed by atoms with van der Waals surface area (Å²) in [5.74, 6) is 0.547. The van der Waals surface area contributed by atoms with Gasteiger partial charge in [-0.25, -0.2) is 0 Å². The Kier molecular flexibility index (Phi) is 14.2. The Labute approximate surface area is 174 Å². The molecule has 0 aromatic heterocycles. The fourth-order valence-corrected chi connectivity index (χ4v) is 2.55. The van der Waals surface area contributed by atoms with E-state index in [1.807, 2.05) is 31.1 Å². The zero-order valence-corrected chi connectivity index (χ0v) is 17.5. The summed E-state index contributed by atoms with van der Waals surface area (Å²) in [4.78, 5) is 8.00. The molecule has 0 unspecified atom stereocenters. The molecule has 0 amide bonds. The molecule has 7 heteroatoms. The molecule has 8 N–H and O–H groups in total. The Bertz CT molecular complexity index is 591. The van der Waals surface area contributed by atoms with Crippen LogP contribution in [0.4, 0.5) is 0 Å². The number of hydrogen-bond acceptors (Lipinski definition) is 7. The Morgan fingerprint density at radius 1 is 0.724 bits per heavy atom. The van der Waals surface area contributed by atoms with E-state index in [0.717, 1.165) is 37.3 Å². The van der Waals surface area contributed by atoms with Crippen molar-refractivity contribution < 1.29 is 15.0 Å². The van der Waals surface area contributed by atoms with Crippen molar-refractivity contribution in [2.45, 2.75) is 19.3 Å². The molecule has 0 saturated carbocycles. The number of carbonyl (C=O) groups is 1. The quantitative estimate of drug-likeness (QED) is 0.347. The SMILES string of the molecule is C=O.CC(C)(c1ccc(O)cc1)c1ccc(O)cc1.NCCNCCNCCN. The normalized spacial score (nSPS) is 10.3. The van der Waals surface area contributed by atoms with Gasteiger partial charge in [0.1, 0.15) is 18.3 Å². The van der Waals surface area contributed by atoms with Crippen molar-refractivity contribution in [2.24, 2.45) is 11.5 Å². The molecule has 162 valence electrons. The van der Waals surface area contributed by atoms with Crippen molar-refractivity contribution in [3.05, 3.63) is 59.7 Å². The van der Waals surface area contributed by atoms with Crippen LogP contribution in [0.25, 0.3) is 0 Å². The number of nitrogens with one attached hydrogen (secondary N) is 2. The monoisotopic (exact) mass is 404 g/mol. The maximum absolute atomic E-state index is 9.30. The summed E-state index contributed by atoms with van der Waals surface area (Å²) in [6, 6.07) is 14.4. The highest BCUT2D eigenvalue weighted by atomic mass is 16.3. The number of nitrogens with two attached hydrogens (primary N) is 2. The average molecular weight is 405 g/mol. The van der Waals surface area contributed by atoms with Crippen molar-refractivity contribution in [1.82, 2.24) is 10.6 Å². The average Bonchev–Trinajstić information content (AvgIpc) is 2.73. The molecule has 0 atom stereocenters. The highest BCUT2D eigenvalue weighted by Gasteiger charge is 2.22. The van der Waals surface area contributed by atoms with Gasteiger partial charge in [-0.2, -0.15) is 0 Å². The van der Waals surface area contributed by atoms with Gasteiger partial charge in [0, 0.05) is 44.7 Å². The number of phenolic OH excluding ortho intramolecular Hbond substituents is 2. The standard InChI is InChI=1S/C15H16O2.C6H18N4.CH2O/c1-15(2,11-3-7-13(16)8-4-11)12-5-9-14(17)10-6-12;7-1-3-9-5-6-10-4-2-8;1-2/h3-10,16-17H,1-2H3;9-10H,1-8H2;1H2. The number of hydrogen-bond donors (Lipinski definition) is 6. The largest absolute Gasteiger partial charge is 0.508 e. The van der Waals surface area contributed by atoms with Crippen molar-refractivity contribution in [3.8, 4) is 11.5 Å². The van der Waals surface area contributed by atoms with E-state index in [9.17, 15) is 10.2 Å². The number of phenols is 2. The van der Waals surface area contributed by atoms with Gasteiger partial charge < -0.3 is 37.1 Å². The fourth-order valence-electron chi connectivity index (χ4n) is 2.55. The summed E-state index contributed by atoms with van der Waals surface area (Å²) in [6.07, 6.45) is 0. The molecule has 2 aromatic carbocycles. The van der Waals surface area contributed by atoms with Crippen molar-refractivity contribution >= 4 is 6.79 Å². The van der Waals surface area contributed by atoms with Crippen molar-refractivity contribution in [1.29, 1.82) is 0 Å². The van der Waals surface area contributed by atoms with E-state index >= 15 is 0 Å². The second kappa shape index (κ2) is 15.5. The second-order valence-electron chi connectivity index (χ2n) is 6.80. The van der Waals surface area contributed by atoms with Gasteiger partial charge in [-0.1, -0.05) is 38.1 Å². The van der Waals surface area contributed by atoms with Gasteiger partial charge in [0.05, 0.1) is 0 Å². The maximum Gasteiger partial charge on any atom is 0.115 e. The van der Waals surface area contributed by atoms with Crippen LogP contribution in [0.15, 0.2) is 48.5 Å². The number of carbonyl (C=O) groups excluding carboxylic acids is 1. The molecule has 0 saturated heterocycles. The number of rotatable bonds is 9. The summed E-state index contributed by atoms with van der Waals surface area (Å²) in [5.41, 5.74) is 12.6. The molecule has 29 heavy (non-hydrogen) atoms. The smallest absolute Gasteiger partial charge is 0.115 e.